The maximum absolute atomic E-state index is 11.4. The number of hydrogen-bond acceptors (Lipinski definition) is 7. The first kappa shape index (κ1) is 13.6. The molecular formula is C15H9NO6. The van der Waals surface area contributed by atoms with Gasteiger partial charge in [-0.1, -0.05) is 0 Å². The molecule has 1 heterocycles. The summed E-state index contributed by atoms with van der Waals surface area (Å²) in [6, 6.07) is 7.28. The summed E-state index contributed by atoms with van der Waals surface area (Å²) in [5, 5.41) is 31.8. The quantitative estimate of drug-likeness (QED) is 0.626. The van der Waals surface area contributed by atoms with Gasteiger partial charge >= 0.3 is 0 Å². The molecule has 1 aromatic carbocycles. The Morgan fingerprint density at radius 3 is 2.41 bits per heavy atom. The van der Waals surface area contributed by atoms with Crippen molar-refractivity contribution in [2.24, 2.45) is 5.18 Å². The number of rotatable bonds is 2. The van der Waals surface area contributed by atoms with Crippen molar-refractivity contribution >= 4 is 5.69 Å². The van der Waals surface area contributed by atoms with E-state index in [1.807, 2.05) is 0 Å². The van der Waals surface area contributed by atoms with Crippen LogP contribution in [-0.4, -0.2) is 15.3 Å². The summed E-state index contributed by atoms with van der Waals surface area (Å²) >= 11 is 0. The van der Waals surface area contributed by atoms with Gasteiger partial charge < -0.3 is 19.7 Å². The minimum atomic E-state index is -0.452. The van der Waals surface area contributed by atoms with Gasteiger partial charge in [0.2, 0.25) is 0 Å². The number of hydrogen-bond donors (Lipinski definition) is 3. The second-order valence-electron chi connectivity index (χ2n) is 4.61. The molecule has 0 spiro atoms. The van der Waals surface area contributed by atoms with Gasteiger partial charge in [-0.2, -0.15) is 0 Å². The van der Waals surface area contributed by atoms with E-state index in [0.717, 1.165) is 12.1 Å². The number of nitroso groups, excluding NO2 is 1. The van der Waals surface area contributed by atoms with Gasteiger partial charge in [0.1, 0.15) is 22.9 Å². The summed E-state index contributed by atoms with van der Waals surface area (Å²) in [4.78, 5) is 22.0. The fourth-order valence-electron chi connectivity index (χ4n) is 2.13. The topological polar surface area (TPSA) is 120 Å². The second-order valence-corrected chi connectivity index (χ2v) is 4.61. The van der Waals surface area contributed by atoms with E-state index < -0.39 is 5.43 Å². The molecule has 110 valence electrons. The molecular weight excluding hydrogens is 290 g/mol. The Morgan fingerprint density at radius 2 is 1.68 bits per heavy atom. The van der Waals surface area contributed by atoms with Gasteiger partial charge in [0.25, 0.3) is 0 Å². The third-order valence-electron chi connectivity index (χ3n) is 3.16. The lowest BCUT2D eigenvalue weighted by Crippen LogP contribution is -1.99. The fraction of sp³-hybridized carbons (Fsp3) is 0. The van der Waals surface area contributed by atoms with E-state index in [0.29, 0.717) is 0 Å². The predicted molar refractivity (Wildman–Crippen MR) is 77.5 cm³/mol. The molecule has 0 unspecified atom stereocenters. The second kappa shape index (κ2) is 4.88. The first-order valence-electron chi connectivity index (χ1n) is 6.16. The molecule has 22 heavy (non-hydrogen) atoms. The van der Waals surface area contributed by atoms with E-state index in [4.69, 9.17) is 4.42 Å². The number of benzene rings is 2. The summed E-state index contributed by atoms with van der Waals surface area (Å²) in [7, 11) is 0. The molecule has 7 nitrogen and oxygen atoms in total. The Bertz CT molecular complexity index is 915. The molecule has 2 aliphatic rings. The van der Waals surface area contributed by atoms with Crippen LogP contribution in [0.5, 0.6) is 17.2 Å². The van der Waals surface area contributed by atoms with E-state index in [-0.39, 0.29) is 45.6 Å². The largest absolute Gasteiger partial charge is 0.507 e. The van der Waals surface area contributed by atoms with Crippen LogP contribution in [0.3, 0.4) is 0 Å². The molecule has 3 N–H and O–H groups in total. The lowest BCUT2D eigenvalue weighted by molar-refractivity contribution is 0.439. The minimum Gasteiger partial charge on any atom is -0.507 e. The number of nitrogens with zero attached hydrogens (tertiary/aromatic N) is 1. The average molecular weight is 299 g/mol. The Labute approximate surface area is 123 Å². The molecule has 1 aliphatic heterocycles. The molecule has 7 heteroatoms. The van der Waals surface area contributed by atoms with Crippen LogP contribution >= 0.6 is 0 Å². The lowest BCUT2D eigenvalue weighted by atomic mass is 10.1. The molecule has 0 bridgehead atoms. The zero-order valence-electron chi connectivity index (χ0n) is 11.0. The summed E-state index contributed by atoms with van der Waals surface area (Å²) in [5.74, 6) is -0.870. The first-order valence-corrected chi connectivity index (χ1v) is 6.16. The highest BCUT2D eigenvalue weighted by atomic mass is 16.4. The molecule has 1 aromatic rings. The lowest BCUT2D eigenvalue weighted by Gasteiger charge is -2.11. The predicted octanol–water partition coefficient (Wildman–Crippen LogP) is 2.93. The molecule has 0 fully saturated rings. The van der Waals surface area contributed by atoms with Crippen molar-refractivity contribution in [3.63, 3.8) is 0 Å². The van der Waals surface area contributed by atoms with Crippen molar-refractivity contribution in [3.05, 3.63) is 51.5 Å². The standard InChI is InChI=1S/C15H9NO6/c17-8-4-12(19)9-6-13(20)15(22-14(9)5-8)7-1-2-11(18)10(3-7)16-21/h1-6,18-20H. The van der Waals surface area contributed by atoms with Crippen LogP contribution in [-0.2, 0) is 0 Å². The van der Waals surface area contributed by atoms with Gasteiger partial charge in [-0.15, -0.1) is 4.91 Å². The van der Waals surface area contributed by atoms with Gasteiger partial charge in [-0.25, -0.2) is 0 Å². The zero-order chi connectivity index (χ0) is 15.9. The highest BCUT2D eigenvalue weighted by Crippen LogP contribution is 2.41. The monoisotopic (exact) mass is 299 g/mol. The van der Waals surface area contributed by atoms with Crippen LogP contribution in [0.15, 0.2) is 50.8 Å². The Kier molecular flexibility index (Phi) is 3.03. The van der Waals surface area contributed by atoms with Gasteiger partial charge in [-0.05, 0) is 29.4 Å². The highest BCUT2D eigenvalue weighted by Gasteiger charge is 2.18. The molecule has 1 aliphatic carbocycles. The van der Waals surface area contributed by atoms with Crippen LogP contribution < -0.4 is 5.43 Å². The van der Waals surface area contributed by atoms with E-state index in [1.165, 1.54) is 24.3 Å². The summed E-state index contributed by atoms with van der Waals surface area (Å²) < 4.78 is 5.44. The van der Waals surface area contributed by atoms with Crippen molar-refractivity contribution in [1.29, 1.82) is 0 Å². The number of phenolic OH excluding ortho intramolecular Hbond substituents is 2. The van der Waals surface area contributed by atoms with Crippen molar-refractivity contribution in [2.75, 3.05) is 0 Å². The normalized spacial score (nSPS) is 10.7. The maximum atomic E-state index is 11.4. The Hall–Kier alpha value is -3.35. The van der Waals surface area contributed by atoms with Gasteiger partial charge in [-0.3, -0.25) is 4.79 Å². The molecule has 3 rings (SSSR count). The third kappa shape index (κ3) is 2.14. The first-order chi connectivity index (χ1) is 10.5. The Morgan fingerprint density at radius 1 is 0.909 bits per heavy atom. The van der Waals surface area contributed by atoms with Crippen molar-refractivity contribution in [1.82, 2.24) is 0 Å². The van der Waals surface area contributed by atoms with E-state index in [2.05, 4.69) is 5.18 Å². The van der Waals surface area contributed by atoms with Crippen LogP contribution in [0.1, 0.15) is 0 Å². The third-order valence-corrected chi connectivity index (χ3v) is 3.16. The van der Waals surface area contributed by atoms with Crippen molar-refractivity contribution in [3.8, 4) is 39.9 Å². The zero-order valence-corrected chi connectivity index (χ0v) is 11.0. The molecule has 0 atom stereocenters. The number of phenols is 2. The highest BCUT2D eigenvalue weighted by molar-refractivity contribution is 5.76. The number of fused-ring (bicyclic) bond motifs is 1. The van der Waals surface area contributed by atoms with E-state index >= 15 is 0 Å². The Balaban J connectivity index is 2.28. The van der Waals surface area contributed by atoms with Gasteiger partial charge in [0, 0.05) is 17.7 Å². The van der Waals surface area contributed by atoms with Crippen LogP contribution in [0.25, 0.3) is 22.6 Å². The van der Waals surface area contributed by atoms with Crippen LogP contribution in [0.4, 0.5) is 5.69 Å². The molecule has 0 saturated carbocycles. The van der Waals surface area contributed by atoms with E-state index in [9.17, 15) is 25.0 Å². The minimum absolute atomic E-state index is 0.0256. The fourth-order valence-corrected chi connectivity index (χ4v) is 2.13. The van der Waals surface area contributed by atoms with Crippen LogP contribution in [0, 0.1) is 4.91 Å². The average Bonchev–Trinajstić information content (AvgIpc) is 2.48. The number of aromatic hydroxyl groups is 3. The maximum Gasteiger partial charge on any atom is 0.186 e. The molecule has 0 amide bonds. The summed E-state index contributed by atoms with van der Waals surface area (Å²) in [6.45, 7) is 0. The van der Waals surface area contributed by atoms with Crippen molar-refractivity contribution in [2.45, 2.75) is 0 Å². The molecule has 0 aromatic heterocycles. The molecule has 0 radical (unpaired) electrons. The van der Waals surface area contributed by atoms with Gasteiger partial charge in [0.05, 0.1) is 5.56 Å². The van der Waals surface area contributed by atoms with E-state index in [1.54, 1.807) is 0 Å². The smallest absolute Gasteiger partial charge is 0.186 e. The van der Waals surface area contributed by atoms with Gasteiger partial charge in [0.15, 0.2) is 16.9 Å². The van der Waals surface area contributed by atoms with Crippen LogP contribution in [0.2, 0.25) is 0 Å². The van der Waals surface area contributed by atoms with Crippen molar-refractivity contribution < 1.29 is 19.7 Å². The molecule has 0 saturated heterocycles. The summed E-state index contributed by atoms with van der Waals surface area (Å²) in [6.07, 6.45) is 0. The SMILES string of the molecule is O=Nc1cc(-c2oc3cc(=O)cc(O)c-3cc2O)ccc1O. The summed E-state index contributed by atoms with van der Waals surface area (Å²) in [5.41, 5.74) is -0.213.